The number of thioether (sulfide) groups is 1. The Hall–Kier alpha value is -1.65. The van der Waals surface area contributed by atoms with Crippen molar-refractivity contribution in [3.63, 3.8) is 0 Å². The Labute approximate surface area is 146 Å². The molecule has 2 nitrogen and oxygen atoms in total. The molecule has 0 N–H and O–H groups in total. The summed E-state index contributed by atoms with van der Waals surface area (Å²) in [6, 6.07) is 14.4. The van der Waals surface area contributed by atoms with E-state index in [0.29, 0.717) is 4.32 Å². The number of nitrogens with zero attached hydrogens (tertiary/aromatic N) is 1. The standard InChI is InChI=1S/C19H19NOS2/c1-2-3-6-12-20-18(21)17(23-19(20)22)13-15-10-7-9-14-8-4-5-11-16(14)15/h4-5,7-11,13H,2-3,6,12H2,1H3/b17-13+. The van der Waals surface area contributed by atoms with Crippen LogP contribution in [0.15, 0.2) is 47.4 Å². The van der Waals surface area contributed by atoms with Crippen LogP contribution in [-0.4, -0.2) is 21.7 Å². The highest BCUT2D eigenvalue weighted by Crippen LogP contribution is 2.34. The second-order valence-corrected chi connectivity index (χ2v) is 7.28. The van der Waals surface area contributed by atoms with Gasteiger partial charge in [0.25, 0.3) is 5.91 Å². The summed E-state index contributed by atoms with van der Waals surface area (Å²) in [4.78, 5) is 15.1. The van der Waals surface area contributed by atoms with Gasteiger partial charge in [0.05, 0.1) is 4.91 Å². The molecule has 1 saturated heterocycles. The Morgan fingerprint density at radius 1 is 1.13 bits per heavy atom. The van der Waals surface area contributed by atoms with Crippen LogP contribution < -0.4 is 0 Å². The molecule has 0 radical (unpaired) electrons. The van der Waals surface area contributed by atoms with Crippen LogP contribution in [0.25, 0.3) is 16.8 Å². The van der Waals surface area contributed by atoms with Crippen molar-refractivity contribution in [3.8, 4) is 0 Å². The van der Waals surface area contributed by atoms with E-state index < -0.39 is 0 Å². The molecule has 23 heavy (non-hydrogen) atoms. The van der Waals surface area contributed by atoms with Gasteiger partial charge in [0.15, 0.2) is 0 Å². The first-order valence-electron chi connectivity index (χ1n) is 7.94. The highest BCUT2D eigenvalue weighted by molar-refractivity contribution is 8.26. The van der Waals surface area contributed by atoms with Gasteiger partial charge in [-0.1, -0.05) is 86.2 Å². The van der Waals surface area contributed by atoms with E-state index in [9.17, 15) is 4.79 Å². The Bertz CT molecular complexity index is 777. The molecular weight excluding hydrogens is 322 g/mol. The van der Waals surface area contributed by atoms with Gasteiger partial charge in [-0.3, -0.25) is 9.69 Å². The van der Waals surface area contributed by atoms with E-state index in [2.05, 4.69) is 25.1 Å². The maximum absolute atomic E-state index is 12.6. The van der Waals surface area contributed by atoms with Crippen molar-refractivity contribution in [2.45, 2.75) is 26.2 Å². The van der Waals surface area contributed by atoms with Crippen molar-refractivity contribution < 1.29 is 4.79 Å². The number of unbranched alkanes of at least 4 members (excludes halogenated alkanes) is 2. The number of carbonyl (C=O) groups excluding carboxylic acids is 1. The van der Waals surface area contributed by atoms with Crippen molar-refractivity contribution in [2.24, 2.45) is 0 Å². The summed E-state index contributed by atoms with van der Waals surface area (Å²) in [5, 5.41) is 2.34. The Kier molecular flexibility index (Phi) is 5.13. The van der Waals surface area contributed by atoms with E-state index in [4.69, 9.17) is 12.2 Å². The lowest BCUT2D eigenvalue weighted by Gasteiger charge is -2.13. The van der Waals surface area contributed by atoms with Gasteiger partial charge in [-0.25, -0.2) is 0 Å². The first kappa shape index (κ1) is 16.2. The van der Waals surface area contributed by atoms with E-state index in [-0.39, 0.29) is 5.91 Å². The van der Waals surface area contributed by atoms with E-state index in [1.807, 2.05) is 30.3 Å². The average Bonchev–Trinajstić information content (AvgIpc) is 2.83. The zero-order valence-corrected chi connectivity index (χ0v) is 14.8. The molecule has 2 aromatic rings. The van der Waals surface area contributed by atoms with Gasteiger partial charge in [0, 0.05) is 6.54 Å². The third kappa shape index (κ3) is 3.48. The van der Waals surface area contributed by atoms with E-state index in [0.717, 1.165) is 41.7 Å². The number of fused-ring (bicyclic) bond motifs is 1. The molecule has 1 aliphatic heterocycles. The maximum atomic E-state index is 12.6. The van der Waals surface area contributed by atoms with Crippen molar-refractivity contribution in [2.75, 3.05) is 6.54 Å². The number of hydrogen-bond acceptors (Lipinski definition) is 3. The Morgan fingerprint density at radius 2 is 1.91 bits per heavy atom. The predicted molar refractivity (Wildman–Crippen MR) is 103 cm³/mol. The fraction of sp³-hybridized carbons (Fsp3) is 0.263. The summed E-state index contributed by atoms with van der Waals surface area (Å²) in [5.41, 5.74) is 1.07. The normalized spacial score (nSPS) is 16.7. The molecule has 4 heteroatoms. The predicted octanol–water partition coefficient (Wildman–Crippen LogP) is 5.23. The van der Waals surface area contributed by atoms with Gasteiger partial charge in [0.2, 0.25) is 0 Å². The first-order valence-corrected chi connectivity index (χ1v) is 9.16. The van der Waals surface area contributed by atoms with Crippen molar-refractivity contribution >= 4 is 51.1 Å². The zero-order chi connectivity index (χ0) is 16.2. The molecule has 0 spiro atoms. The average molecular weight is 342 g/mol. The summed E-state index contributed by atoms with van der Waals surface area (Å²) in [6.45, 7) is 2.89. The van der Waals surface area contributed by atoms with Gasteiger partial charge in [-0.15, -0.1) is 0 Å². The minimum absolute atomic E-state index is 0.0454. The van der Waals surface area contributed by atoms with Crippen LogP contribution >= 0.6 is 24.0 Å². The van der Waals surface area contributed by atoms with Crippen LogP contribution in [0.2, 0.25) is 0 Å². The molecule has 1 heterocycles. The molecule has 3 rings (SSSR count). The topological polar surface area (TPSA) is 20.3 Å². The molecule has 0 saturated carbocycles. The Morgan fingerprint density at radius 3 is 2.74 bits per heavy atom. The van der Waals surface area contributed by atoms with E-state index >= 15 is 0 Å². The van der Waals surface area contributed by atoms with Crippen LogP contribution in [-0.2, 0) is 4.79 Å². The second-order valence-electron chi connectivity index (χ2n) is 5.61. The summed E-state index contributed by atoms with van der Waals surface area (Å²) >= 11 is 6.80. The number of hydrogen-bond donors (Lipinski definition) is 0. The monoisotopic (exact) mass is 341 g/mol. The zero-order valence-electron chi connectivity index (χ0n) is 13.1. The third-order valence-corrected chi connectivity index (χ3v) is 5.35. The number of benzene rings is 2. The smallest absolute Gasteiger partial charge is 0.266 e. The summed E-state index contributed by atoms with van der Waals surface area (Å²) in [6.07, 6.45) is 5.24. The molecule has 2 aromatic carbocycles. The molecule has 1 aliphatic rings. The number of rotatable bonds is 5. The van der Waals surface area contributed by atoms with Crippen LogP contribution in [0.4, 0.5) is 0 Å². The minimum atomic E-state index is 0.0454. The molecule has 0 aromatic heterocycles. The third-order valence-electron chi connectivity index (χ3n) is 3.97. The van der Waals surface area contributed by atoms with Gasteiger partial charge in [-0.05, 0) is 28.8 Å². The van der Waals surface area contributed by atoms with Gasteiger partial charge in [0.1, 0.15) is 4.32 Å². The molecule has 118 valence electrons. The second kappa shape index (κ2) is 7.28. The molecule has 0 atom stereocenters. The van der Waals surface area contributed by atoms with Crippen LogP contribution in [0.5, 0.6) is 0 Å². The number of carbonyl (C=O) groups is 1. The van der Waals surface area contributed by atoms with Gasteiger partial charge < -0.3 is 0 Å². The lowest BCUT2D eigenvalue weighted by atomic mass is 10.0. The molecule has 0 unspecified atom stereocenters. The quantitative estimate of drug-likeness (QED) is 0.422. The van der Waals surface area contributed by atoms with Crippen LogP contribution in [0.1, 0.15) is 31.7 Å². The fourth-order valence-electron chi connectivity index (χ4n) is 2.73. The lowest BCUT2D eigenvalue weighted by molar-refractivity contribution is -0.122. The van der Waals surface area contributed by atoms with Crippen LogP contribution in [0.3, 0.4) is 0 Å². The maximum Gasteiger partial charge on any atom is 0.266 e. The first-order chi connectivity index (χ1) is 11.2. The summed E-state index contributed by atoms with van der Waals surface area (Å²) in [5.74, 6) is 0.0454. The fourth-order valence-corrected chi connectivity index (χ4v) is 4.03. The highest BCUT2D eigenvalue weighted by atomic mass is 32.2. The van der Waals surface area contributed by atoms with Crippen molar-refractivity contribution in [1.82, 2.24) is 4.90 Å². The molecule has 1 amide bonds. The Balaban J connectivity index is 1.88. The van der Waals surface area contributed by atoms with Gasteiger partial charge >= 0.3 is 0 Å². The number of thiocarbonyl (C=S) groups is 1. The van der Waals surface area contributed by atoms with Gasteiger partial charge in [-0.2, -0.15) is 0 Å². The molecule has 0 aliphatic carbocycles. The van der Waals surface area contributed by atoms with Crippen molar-refractivity contribution in [1.29, 1.82) is 0 Å². The minimum Gasteiger partial charge on any atom is -0.293 e. The largest absolute Gasteiger partial charge is 0.293 e. The van der Waals surface area contributed by atoms with E-state index in [1.54, 1.807) is 4.90 Å². The molecular formula is C19H19NOS2. The highest BCUT2D eigenvalue weighted by Gasteiger charge is 2.31. The SMILES string of the molecule is CCCCCN1C(=O)/C(=C\c2cccc3ccccc23)SC1=S. The van der Waals surface area contributed by atoms with Crippen molar-refractivity contribution in [3.05, 3.63) is 52.9 Å². The lowest BCUT2D eigenvalue weighted by Crippen LogP contribution is -2.28. The summed E-state index contributed by atoms with van der Waals surface area (Å²) in [7, 11) is 0. The number of amides is 1. The molecule has 0 bridgehead atoms. The van der Waals surface area contributed by atoms with Crippen LogP contribution in [0, 0.1) is 0 Å². The van der Waals surface area contributed by atoms with E-state index in [1.165, 1.54) is 17.1 Å². The molecule has 1 fully saturated rings. The summed E-state index contributed by atoms with van der Waals surface area (Å²) < 4.78 is 0.678.